The number of fused-ring (bicyclic) bond motifs is 1. The molecule has 0 amide bonds. The van der Waals surface area contributed by atoms with Crippen LogP contribution in [0.1, 0.15) is 27.3 Å². The Labute approximate surface area is 160 Å². The van der Waals surface area contributed by atoms with E-state index in [4.69, 9.17) is 0 Å². The van der Waals surface area contributed by atoms with Crippen molar-refractivity contribution in [2.24, 2.45) is 0 Å². The van der Waals surface area contributed by atoms with Gasteiger partial charge in [0.25, 0.3) is 0 Å². The normalized spacial score (nSPS) is 11.3. The largest absolute Gasteiger partial charge is 0.350 e. The van der Waals surface area contributed by atoms with Gasteiger partial charge in [0.1, 0.15) is 12.4 Å². The predicted molar refractivity (Wildman–Crippen MR) is 104 cm³/mol. The highest BCUT2D eigenvalue weighted by atomic mass is 19.1. The van der Waals surface area contributed by atoms with Crippen LogP contribution in [0.25, 0.3) is 11.3 Å². The zero-order chi connectivity index (χ0) is 20.0. The molecule has 0 bridgehead atoms. The number of carbonyl (C=O) groups excluding carboxylic acids is 1. The second-order valence-electron chi connectivity index (χ2n) is 6.85. The molecule has 0 spiro atoms. The summed E-state index contributed by atoms with van der Waals surface area (Å²) in [5.41, 5.74) is 3.34. The number of rotatable bonds is 4. The third-order valence-electron chi connectivity index (χ3n) is 4.93. The molecule has 0 saturated carbocycles. The first-order chi connectivity index (χ1) is 13.4. The van der Waals surface area contributed by atoms with E-state index in [1.54, 1.807) is 43.5 Å². The molecule has 4 rings (SSSR count). The number of ketones is 1. The van der Waals surface area contributed by atoms with Crippen molar-refractivity contribution in [3.8, 4) is 5.69 Å². The van der Waals surface area contributed by atoms with Crippen LogP contribution in [0, 0.1) is 26.6 Å². The molecule has 0 fully saturated rings. The molecule has 3 heterocycles. The summed E-state index contributed by atoms with van der Waals surface area (Å²) in [5, 5.41) is 4.21. The number of Topliss-reactive ketones (excluding diaryl/α,β-unsaturated/α-hetero) is 1. The summed E-state index contributed by atoms with van der Waals surface area (Å²) < 4.78 is 18.4. The van der Waals surface area contributed by atoms with E-state index >= 15 is 0 Å². The average Bonchev–Trinajstić information content (AvgIpc) is 3.14. The summed E-state index contributed by atoms with van der Waals surface area (Å²) in [6, 6.07) is 12.0. The molecular formula is C21H19FN4O2. The minimum atomic E-state index is -0.363. The summed E-state index contributed by atoms with van der Waals surface area (Å²) in [4.78, 5) is 25.3. The van der Waals surface area contributed by atoms with Crippen molar-refractivity contribution >= 4 is 11.4 Å². The number of halogens is 1. The van der Waals surface area contributed by atoms with Crippen LogP contribution in [-0.4, -0.2) is 24.5 Å². The van der Waals surface area contributed by atoms with Gasteiger partial charge in [-0.15, -0.1) is 5.10 Å². The lowest BCUT2D eigenvalue weighted by Crippen LogP contribution is -2.25. The molecule has 0 unspecified atom stereocenters. The SMILES string of the molecule is Cc1ccc(-n2c(C)cc(C(=O)Cn3nc4ccccn4c3=O)c2C)cc1F. The fourth-order valence-corrected chi connectivity index (χ4v) is 3.46. The first-order valence-corrected chi connectivity index (χ1v) is 8.89. The van der Waals surface area contributed by atoms with Crippen molar-refractivity contribution in [3.05, 3.63) is 87.5 Å². The number of nitrogens with zero attached hydrogens (tertiary/aromatic N) is 4. The van der Waals surface area contributed by atoms with Crippen LogP contribution in [0.4, 0.5) is 4.39 Å². The fourth-order valence-electron chi connectivity index (χ4n) is 3.46. The van der Waals surface area contributed by atoms with E-state index in [2.05, 4.69) is 5.10 Å². The first kappa shape index (κ1) is 17.9. The Balaban J connectivity index is 1.71. The van der Waals surface area contributed by atoms with Gasteiger partial charge >= 0.3 is 5.69 Å². The molecule has 0 aliphatic carbocycles. The van der Waals surface area contributed by atoms with Gasteiger partial charge in [-0.3, -0.25) is 9.20 Å². The Bertz CT molecular complexity index is 1280. The number of aryl methyl sites for hydroxylation is 2. The minimum Gasteiger partial charge on any atom is -0.318 e. The van der Waals surface area contributed by atoms with Gasteiger partial charge in [0.15, 0.2) is 11.4 Å². The highest BCUT2D eigenvalue weighted by molar-refractivity contribution is 5.97. The van der Waals surface area contributed by atoms with E-state index in [1.807, 2.05) is 24.5 Å². The number of hydrogen-bond donors (Lipinski definition) is 0. The third-order valence-corrected chi connectivity index (χ3v) is 4.93. The maximum atomic E-state index is 14.0. The molecule has 0 saturated heterocycles. The quantitative estimate of drug-likeness (QED) is 0.512. The van der Waals surface area contributed by atoms with Crippen molar-refractivity contribution in [1.29, 1.82) is 0 Å². The minimum absolute atomic E-state index is 0.160. The lowest BCUT2D eigenvalue weighted by Gasteiger charge is -2.11. The monoisotopic (exact) mass is 378 g/mol. The topological polar surface area (TPSA) is 61.3 Å². The van der Waals surface area contributed by atoms with Crippen molar-refractivity contribution in [2.45, 2.75) is 27.3 Å². The zero-order valence-corrected chi connectivity index (χ0v) is 15.8. The molecule has 0 radical (unpaired) electrons. The Hall–Kier alpha value is -3.48. The van der Waals surface area contributed by atoms with Crippen molar-refractivity contribution in [2.75, 3.05) is 0 Å². The fraction of sp³-hybridized carbons (Fsp3) is 0.190. The summed E-state index contributed by atoms with van der Waals surface area (Å²) in [5.74, 6) is -0.522. The Morgan fingerprint density at radius 2 is 1.89 bits per heavy atom. The van der Waals surface area contributed by atoms with Gasteiger partial charge < -0.3 is 4.57 Å². The van der Waals surface area contributed by atoms with E-state index in [9.17, 15) is 14.0 Å². The lowest BCUT2D eigenvalue weighted by molar-refractivity contribution is 0.0965. The smallest absolute Gasteiger partial charge is 0.318 e. The number of carbonyl (C=O) groups is 1. The molecule has 28 heavy (non-hydrogen) atoms. The predicted octanol–water partition coefficient (Wildman–Crippen LogP) is 3.23. The first-order valence-electron chi connectivity index (χ1n) is 8.89. The standard InChI is InChI=1S/C21H19FN4O2/c1-13-7-8-16(11-18(13)22)26-14(2)10-17(15(26)3)19(27)12-25-21(28)24-9-5-4-6-20(24)23-25/h4-11H,12H2,1-3H3. The van der Waals surface area contributed by atoms with Crippen molar-refractivity contribution < 1.29 is 9.18 Å². The second-order valence-corrected chi connectivity index (χ2v) is 6.85. The molecule has 0 N–H and O–H groups in total. The number of pyridine rings is 1. The molecular weight excluding hydrogens is 359 g/mol. The molecule has 4 aromatic rings. The van der Waals surface area contributed by atoms with Crippen LogP contribution in [0.5, 0.6) is 0 Å². The van der Waals surface area contributed by atoms with Crippen LogP contribution in [0.15, 0.2) is 53.5 Å². The third kappa shape index (κ3) is 2.85. The second kappa shape index (κ2) is 6.60. The molecule has 6 nitrogen and oxygen atoms in total. The van der Waals surface area contributed by atoms with E-state index < -0.39 is 0 Å². The van der Waals surface area contributed by atoms with Gasteiger partial charge in [-0.25, -0.2) is 13.9 Å². The van der Waals surface area contributed by atoms with Gasteiger partial charge in [0.05, 0.1) is 0 Å². The van der Waals surface area contributed by atoms with Gasteiger partial charge in [0, 0.05) is 28.8 Å². The van der Waals surface area contributed by atoms with Gasteiger partial charge in [-0.1, -0.05) is 12.1 Å². The van der Waals surface area contributed by atoms with Crippen molar-refractivity contribution in [3.63, 3.8) is 0 Å². The van der Waals surface area contributed by atoms with Gasteiger partial charge in [-0.05, 0) is 56.7 Å². The van der Waals surface area contributed by atoms with E-state index in [1.165, 1.54) is 10.5 Å². The van der Waals surface area contributed by atoms with Crippen molar-refractivity contribution in [1.82, 2.24) is 18.7 Å². The average molecular weight is 378 g/mol. The number of benzene rings is 1. The van der Waals surface area contributed by atoms with Gasteiger partial charge in [-0.2, -0.15) is 0 Å². The summed E-state index contributed by atoms with van der Waals surface area (Å²) >= 11 is 0. The molecule has 0 aliphatic rings. The maximum Gasteiger partial charge on any atom is 0.350 e. The van der Waals surface area contributed by atoms with Crippen LogP contribution in [0.3, 0.4) is 0 Å². The molecule has 1 aromatic carbocycles. The highest BCUT2D eigenvalue weighted by Gasteiger charge is 2.19. The molecule has 7 heteroatoms. The molecule has 0 atom stereocenters. The summed E-state index contributed by atoms with van der Waals surface area (Å²) in [6.07, 6.45) is 1.61. The zero-order valence-electron chi connectivity index (χ0n) is 15.8. The Morgan fingerprint density at radius 3 is 2.61 bits per heavy atom. The summed E-state index contributed by atoms with van der Waals surface area (Å²) in [7, 11) is 0. The van der Waals surface area contributed by atoms with E-state index in [0.717, 1.165) is 10.4 Å². The van der Waals surface area contributed by atoms with Crippen LogP contribution in [0.2, 0.25) is 0 Å². The Morgan fingerprint density at radius 1 is 1.11 bits per heavy atom. The molecule has 142 valence electrons. The molecule has 0 aliphatic heterocycles. The molecule has 3 aromatic heterocycles. The van der Waals surface area contributed by atoms with Crippen LogP contribution < -0.4 is 5.69 Å². The number of hydrogen-bond acceptors (Lipinski definition) is 3. The lowest BCUT2D eigenvalue weighted by atomic mass is 10.1. The van der Waals surface area contributed by atoms with Crippen LogP contribution in [-0.2, 0) is 6.54 Å². The van der Waals surface area contributed by atoms with Gasteiger partial charge in [0.2, 0.25) is 0 Å². The van der Waals surface area contributed by atoms with Crippen LogP contribution >= 0.6 is 0 Å². The van der Waals surface area contributed by atoms with E-state index in [-0.39, 0.29) is 23.8 Å². The summed E-state index contributed by atoms with van der Waals surface area (Å²) in [6.45, 7) is 5.21. The Kier molecular flexibility index (Phi) is 4.22. The highest BCUT2D eigenvalue weighted by Crippen LogP contribution is 2.23. The van der Waals surface area contributed by atoms with E-state index in [0.29, 0.717) is 28.2 Å². The number of aromatic nitrogens is 4. The maximum absolute atomic E-state index is 14.0.